The maximum Gasteiger partial charge on any atom is 0.416 e. The normalized spacial score (nSPS) is 13.2. The molecule has 0 radical (unpaired) electrons. The number of nitro benzene ring substituents is 1. The Hall–Kier alpha value is -8.70. The van der Waals surface area contributed by atoms with Crippen LogP contribution in [0.15, 0.2) is 90.1 Å². The number of aromatic carboxylic acids is 1. The van der Waals surface area contributed by atoms with Gasteiger partial charge < -0.3 is 60.2 Å². The predicted octanol–water partition coefficient (Wildman–Crippen LogP) is 8.93. The van der Waals surface area contributed by atoms with E-state index in [-0.39, 0.29) is 75.7 Å². The van der Waals surface area contributed by atoms with Gasteiger partial charge in [0.1, 0.15) is 35.5 Å². The number of hydrogen-bond donors (Lipinski definition) is 8. The molecule has 3 aromatic carbocycles. The molecule has 7 rings (SSSR count). The number of hydrogen-bond acceptors (Lipinski definition) is 23. The number of anilines is 4. The zero-order valence-electron chi connectivity index (χ0n) is 50.4. The second-order valence-electron chi connectivity index (χ2n) is 19.1. The summed E-state index contributed by atoms with van der Waals surface area (Å²) in [5.41, 5.74) is 3.38. The molecule has 0 aliphatic carbocycles. The van der Waals surface area contributed by atoms with Crippen molar-refractivity contribution < 1.29 is 89.1 Å². The fourth-order valence-electron chi connectivity index (χ4n) is 6.92. The molecule has 4 heterocycles. The summed E-state index contributed by atoms with van der Waals surface area (Å²) in [6.45, 7) is 10.2. The molecule has 0 saturated heterocycles. The van der Waals surface area contributed by atoms with E-state index in [0.29, 0.717) is 30.3 Å². The third kappa shape index (κ3) is 25.7. The Labute approximate surface area is 549 Å². The van der Waals surface area contributed by atoms with Crippen molar-refractivity contribution in [2.45, 2.75) is 68.3 Å². The number of pyridine rings is 1. The highest BCUT2D eigenvalue weighted by atomic mass is 35.5. The molecule has 0 spiro atoms. The van der Waals surface area contributed by atoms with Crippen molar-refractivity contribution in [1.82, 2.24) is 39.5 Å². The van der Waals surface area contributed by atoms with Crippen molar-refractivity contribution in [3.63, 3.8) is 0 Å². The van der Waals surface area contributed by atoms with E-state index < -0.39 is 85.1 Å². The second-order valence-corrected chi connectivity index (χ2v) is 25.1. The number of carboxylic acid groups (broad SMARTS) is 2. The van der Waals surface area contributed by atoms with Crippen LogP contribution in [0.1, 0.15) is 60.4 Å². The summed E-state index contributed by atoms with van der Waals surface area (Å²) in [6, 6.07) is 14.7. The fourth-order valence-corrected chi connectivity index (χ4v) is 9.31. The highest BCUT2D eigenvalue weighted by Gasteiger charge is 2.34. The van der Waals surface area contributed by atoms with Crippen molar-refractivity contribution in [2.75, 3.05) is 75.1 Å². The fraction of sp³-hybridized carbons (Fsp3) is 0.340. The molecule has 0 bridgehead atoms. The lowest BCUT2D eigenvalue weighted by Gasteiger charge is -2.35. The molecule has 4 amide bonds. The first kappa shape index (κ1) is 78.5. The lowest BCUT2D eigenvalue weighted by atomic mass is 10.1. The van der Waals surface area contributed by atoms with Crippen molar-refractivity contribution in [3.8, 4) is 29.0 Å². The molecule has 3 unspecified atom stereocenters. The van der Waals surface area contributed by atoms with E-state index in [0.717, 1.165) is 42.6 Å². The van der Waals surface area contributed by atoms with Crippen LogP contribution in [-0.2, 0) is 30.4 Å². The number of halogens is 7. The molecular formula is C53H62Cl4F3N14O17PS. The molecule has 93 heavy (non-hydrogen) atoms. The first-order valence-corrected chi connectivity index (χ1v) is 31.8. The minimum Gasteiger partial charge on any atom is -0.489 e. The van der Waals surface area contributed by atoms with Gasteiger partial charge >= 0.3 is 24.1 Å². The highest BCUT2D eigenvalue weighted by Crippen LogP contribution is 2.39. The Morgan fingerprint density at radius 2 is 1.54 bits per heavy atom. The topological polar surface area (TPSA) is 435 Å². The van der Waals surface area contributed by atoms with Gasteiger partial charge in [0.2, 0.25) is 34.9 Å². The summed E-state index contributed by atoms with van der Waals surface area (Å²) >= 11 is 22.7. The van der Waals surface area contributed by atoms with E-state index in [4.69, 9.17) is 86.2 Å². The summed E-state index contributed by atoms with van der Waals surface area (Å²) in [5, 5.41) is 35.5. The molecule has 9 N–H and O–H groups in total. The molecule has 0 fully saturated rings. The molecule has 3 atom stereocenters. The number of nitrogens with two attached hydrogens (primary N) is 1. The van der Waals surface area contributed by atoms with Gasteiger partial charge in [0.15, 0.2) is 17.2 Å². The monoisotopic (exact) mass is 1430 g/mol. The third-order valence-corrected chi connectivity index (χ3v) is 14.3. The molecule has 40 heteroatoms. The number of urea groups is 1. The van der Waals surface area contributed by atoms with Crippen LogP contribution in [0.2, 0.25) is 10.3 Å². The number of sulfonamides is 1. The number of amides is 4. The van der Waals surface area contributed by atoms with Crippen LogP contribution in [0, 0.1) is 10.1 Å². The number of alkyl halides is 5. The highest BCUT2D eigenvalue weighted by molar-refractivity contribution is 7.90. The smallest absolute Gasteiger partial charge is 0.416 e. The number of rotatable bonds is 19. The van der Waals surface area contributed by atoms with Crippen LogP contribution in [0.4, 0.5) is 47.2 Å². The van der Waals surface area contributed by atoms with E-state index in [1.165, 1.54) is 64.3 Å². The summed E-state index contributed by atoms with van der Waals surface area (Å²) in [6.07, 6.45) is -3.39. The predicted molar refractivity (Wildman–Crippen MR) is 336 cm³/mol. The number of ether oxygens (including phenoxy) is 4. The third-order valence-electron chi connectivity index (χ3n) is 11.1. The van der Waals surface area contributed by atoms with Crippen molar-refractivity contribution in [1.29, 1.82) is 0 Å². The van der Waals surface area contributed by atoms with E-state index >= 15 is 0 Å². The van der Waals surface area contributed by atoms with Gasteiger partial charge in [-0.15, -0.1) is 0 Å². The number of aliphatic carboxylic acids is 1. The minimum absolute atomic E-state index is 0.0412. The standard InChI is InChI=1S/C15H18N6O6S.C14H7ClF3NO5.C11H11Cl2NO2.C8H14ClN5.C5H12NO4P/c1-21(2)13(22)9-6-5-7-16-12(9)28(24,25)20-15(23)19-14-17-10(26-3)8-11(18-14)27-4;15-10-5-7(14(16,17)18)1-4-12(10)24-8-2-3-11(19(22)23)9(6-8)13(20)21;1-7-6-16-9-5-3-2-4-8(9)14(7)11(15)10(12)13;1-4-10-7-12-6(9)13-8(14-7)11-5(2)3;1-11(9,10)3-2-4(6)5(7)8/h5-8H,1-4H3,(H2,17,18,19,20,23);1-6H,(H,20,21);2-5,7,10H,6H2,1H3;5H,4H2,1-3H3,(H2,10,11,12,13,14);4H,2-3,6H2,1H3,(H,7,8)(H,9,10). The number of benzene rings is 3. The van der Waals surface area contributed by atoms with Gasteiger partial charge in [-0.3, -0.25) is 34.4 Å². The summed E-state index contributed by atoms with van der Waals surface area (Å²) in [5.74, 6) is -2.27. The van der Waals surface area contributed by atoms with Gasteiger partial charge in [-0.1, -0.05) is 46.9 Å². The maximum absolute atomic E-state index is 12.6. The Balaban J connectivity index is 0.000000315. The summed E-state index contributed by atoms with van der Waals surface area (Å²) in [4.78, 5) is 101. The summed E-state index contributed by atoms with van der Waals surface area (Å²) in [7, 11) is -1.95. The Morgan fingerprint density at radius 1 is 0.914 bits per heavy atom. The van der Waals surface area contributed by atoms with Gasteiger partial charge in [0.05, 0.1) is 53.1 Å². The molecule has 6 aromatic rings. The average Bonchev–Trinajstić information content (AvgIpc) is 0.822. The number of nitrogens with zero attached hydrogens (tertiary/aromatic N) is 9. The zero-order valence-corrected chi connectivity index (χ0v) is 55.1. The number of carbonyl (C=O) groups is 5. The van der Waals surface area contributed by atoms with Crippen LogP contribution in [0.25, 0.3) is 0 Å². The van der Waals surface area contributed by atoms with E-state index in [2.05, 4.69) is 45.9 Å². The van der Waals surface area contributed by atoms with Gasteiger partial charge in [0.25, 0.3) is 27.5 Å². The van der Waals surface area contributed by atoms with Crippen molar-refractivity contribution in [2.24, 2.45) is 5.73 Å². The van der Waals surface area contributed by atoms with Gasteiger partial charge in [0, 0.05) is 57.8 Å². The SMILES string of the molecule is CC1COc2ccccc2N1C(=O)C(Cl)Cl.CCNc1nc(Cl)nc(NC(C)C)n1.COc1cc(OC)nc(NC(=O)NS(=O)(=O)c2ncccc2C(=O)N(C)C)n1.CP(=O)(O)CCC(N)C(=O)O.O=C(O)c1cc(Oc2ccc(C(F)(F)F)cc2Cl)ccc1[N+](=O)[O-]. The Kier molecular flexibility index (Phi) is 30.3. The van der Waals surface area contributed by atoms with E-state index in [9.17, 15) is 60.2 Å². The Morgan fingerprint density at radius 3 is 2.06 bits per heavy atom. The number of carboxylic acids is 2. The lowest BCUT2D eigenvalue weighted by molar-refractivity contribution is -0.385. The first-order valence-electron chi connectivity index (χ1n) is 26.4. The molecule has 0 saturated carbocycles. The zero-order chi connectivity index (χ0) is 70.3. The lowest BCUT2D eigenvalue weighted by Crippen LogP contribution is -2.47. The minimum atomic E-state index is -4.58. The van der Waals surface area contributed by atoms with Crippen LogP contribution < -0.4 is 50.3 Å². The van der Waals surface area contributed by atoms with Crippen LogP contribution >= 0.6 is 53.8 Å². The van der Waals surface area contributed by atoms with Crippen LogP contribution in [0.5, 0.6) is 29.0 Å². The molecule has 3 aromatic heterocycles. The molecule has 1 aliphatic heterocycles. The van der Waals surface area contributed by atoms with Gasteiger partial charge in [-0.25, -0.2) is 19.3 Å². The molecule has 506 valence electrons. The van der Waals surface area contributed by atoms with Gasteiger partial charge in [-0.05, 0) is 94.2 Å². The number of para-hydroxylation sites is 2. The van der Waals surface area contributed by atoms with E-state index in [1.807, 2.05) is 52.0 Å². The number of aromatic nitrogens is 6. The second kappa shape index (κ2) is 35.9. The number of carbonyl (C=O) groups excluding carboxylic acids is 3. The van der Waals surface area contributed by atoms with Crippen molar-refractivity contribution in [3.05, 3.63) is 122 Å². The number of fused-ring (bicyclic) bond motifs is 1. The Bertz CT molecular complexity index is 3750. The van der Waals surface area contributed by atoms with Crippen LogP contribution in [-0.4, -0.2) is 170 Å². The van der Waals surface area contributed by atoms with Crippen molar-refractivity contribution >= 4 is 123 Å². The molecule has 31 nitrogen and oxygen atoms in total. The quantitative estimate of drug-likeness (QED) is 0.0162. The number of nitro groups is 1. The first-order chi connectivity index (χ1) is 43.3. The number of nitrogens with one attached hydrogen (secondary N) is 4. The van der Waals surface area contributed by atoms with E-state index in [1.54, 1.807) is 9.62 Å². The number of methoxy groups -OCH3 is 2. The van der Waals surface area contributed by atoms with Crippen LogP contribution in [0.3, 0.4) is 0 Å². The average molecular weight is 1430 g/mol. The summed E-state index contributed by atoms with van der Waals surface area (Å²) < 4.78 is 95.8. The molecular weight excluding hydrogens is 1370 g/mol. The molecule has 1 aliphatic rings. The maximum atomic E-state index is 12.6. The van der Waals surface area contributed by atoms with Gasteiger partial charge in [-0.2, -0.15) is 46.5 Å². The largest absolute Gasteiger partial charge is 0.489 e.